The van der Waals surface area contributed by atoms with Gasteiger partial charge in [-0.15, -0.1) is 0 Å². The Morgan fingerprint density at radius 1 is 1.10 bits per heavy atom. The van der Waals surface area contributed by atoms with Crippen LogP contribution < -0.4 is 5.32 Å². The van der Waals surface area contributed by atoms with Crippen molar-refractivity contribution in [2.75, 3.05) is 18.4 Å². The number of nitrogens with one attached hydrogen (secondary N) is 1. The Labute approximate surface area is 164 Å². The number of likely N-dealkylation sites (tertiary alicyclic amines) is 1. The number of aromatic nitrogens is 2. The predicted molar refractivity (Wildman–Crippen MR) is 98.6 cm³/mol. The van der Waals surface area contributed by atoms with Crippen molar-refractivity contribution >= 4 is 11.7 Å². The van der Waals surface area contributed by atoms with E-state index in [1.165, 1.54) is 18.2 Å². The molecular formula is C20H17F3N4O2. The number of benzene rings is 2. The molecule has 4 rings (SSSR count). The maximum absolute atomic E-state index is 13.3. The van der Waals surface area contributed by atoms with Crippen molar-refractivity contribution in [1.82, 2.24) is 15.0 Å². The van der Waals surface area contributed by atoms with E-state index < -0.39 is 17.7 Å². The molecule has 2 amide bonds. The highest BCUT2D eigenvalue weighted by atomic mass is 19.2. The van der Waals surface area contributed by atoms with Gasteiger partial charge in [0.15, 0.2) is 11.6 Å². The summed E-state index contributed by atoms with van der Waals surface area (Å²) in [4.78, 5) is 18.4. The maximum atomic E-state index is 13.3. The predicted octanol–water partition coefficient (Wildman–Crippen LogP) is 4.57. The standard InChI is InChI=1S/C20H17F3N4O2/c21-14-5-3-12(4-6-14)18-25-19(29-26-18)13-2-1-9-27(11-13)20(28)24-15-7-8-16(22)17(23)10-15/h3-8,10,13H,1-2,9,11H2,(H,24,28)/t13-/m1/s1. The Bertz CT molecular complexity index is 1020. The maximum Gasteiger partial charge on any atom is 0.321 e. The lowest BCUT2D eigenvalue weighted by Gasteiger charge is -2.31. The zero-order valence-electron chi connectivity index (χ0n) is 15.2. The summed E-state index contributed by atoms with van der Waals surface area (Å²) in [6.07, 6.45) is 1.49. The van der Waals surface area contributed by atoms with Gasteiger partial charge in [0, 0.05) is 30.4 Å². The minimum atomic E-state index is -1.03. The van der Waals surface area contributed by atoms with Crippen molar-refractivity contribution in [2.24, 2.45) is 0 Å². The third-order valence-electron chi connectivity index (χ3n) is 4.77. The van der Waals surface area contributed by atoms with Crippen molar-refractivity contribution in [1.29, 1.82) is 0 Å². The van der Waals surface area contributed by atoms with E-state index in [4.69, 9.17) is 4.52 Å². The van der Waals surface area contributed by atoms with Crippen molar-refractivity contribution < 1.29 is 22.5 Å². The third kappa shape index (κ3) is 4.23. The number of carbonyl (C=O) groups excluding carboxylic acids is 1. The van der Waals surface area contributed by atoms with Crippen molar-refractivity contribution in [2.45, 2.75) is 18.8 Å². The van der Waals surface area contributed by atoms with Gasteiger partial charge in [0.05, 0.1) is 5.92 Å². The largest absolute Gasteiger partial charge is 0.339 e. The molecule has 0 aliphatic carbocycles. The monoisotopic (exact) mass is 402 g/mol. The van der Waals surface area contributed by atoms with Crippen molar-refractivity contribution in [3.63, 3.8) is 0 Å². The number of anilines is 1. The summed E-state index contributed by atoms with van der Waals surface area (Å²) in [5, 5.41) is 6.51. The molecule has 3 aromatic rings. The van der Waals surface area contributed by atoms with E-state index in [0.29, 0.717) is 30.4 Å². The lowest BCUT2D eigenvalue weighted by atomic mass is 9.98. The quantitative estimate of drug-likeness (QED) is 0.697. The van der Waals surface area contributed by atoms with Crippen LogP contribution in [-0.2, 0) is 0 Å². The van der Waals surface area contributed by atoms with E-state index in [1.807, 2.05) is 0 Å². The van der Waals surface area contributed by atoms with Crippen LogP contribution in [0.3, 0.4) is 0 Å². The van der Waals surface area contributed by atoms with E-state index in [2.05, 4.69) is 15.5 Å². The van der Waals surface area contributed by atoms with Crippen LogP contribution in [0.5, 0.6) is 0 Å². The molecule has 9 heteroatoms. The number of halogens is 3. The fourth-order valence-electron chi connectivity index (χ4n) is 3.26. The molecule has 6 nitrogen and oxygen atoms in total. The number of nitrogens with zero attached hydrogens (tertiary/aromatic N) is 3. The van der Waals surface area contributed by atoms with Crippen LogP contribution >= 0.6 is 0 Å². The Morgan fingerprint density at radius 2 is 1.90 bits per heavy atom. The molecule has 0 spiro atoms. The molecule has 0 bridgehead atoms. The first kappa shape index (κ1) is 19.0. The smallest absolute Gasteiger partial charge is 0.321 e. The third-order valence-corrected chi connectivity index (χ3v) is 4.77. The van der Waals surface area contributed by atoms with Crippen LogP contribution in [0.4, 0.5) is 23.7 Å². The molecule has 1 fully saturated rings. The van der Waals surface area contributed by atoms with Crippen molar-refractivity contribution in [3.8, 4) is 11.4 Å². The van der Waals surface area contributed by atoms with Crippen LogP contribution in [0.1, 0.15) is 24.7 Å². The number of piperidine rings is 1. The highest BCUT2D eigenvalue weighted by molar-refractivity contribution is 5.89. The van der Waals surface area contributed by atoms with Gasteiger partial charge in [-0.05, 0) is 49.2 Å². The van der Waals surface area contributed by atoms with Crippen LogP contribution in [0.15, 0.2) is 47.0 Å². The molecule has 1 aliphatic rings. The van der Waals surface area contributed by atoms with Gasteiger partial charge in [-0.2, -0.15) is 4.98 Å². The molecule has 1 aliphatic heterocycles. The summed E-state index contributed by atoms with van der Waals surface area (Å²) in [5.41, 5.74) is 0.803. The number of carbonyl (C=O) groups is 1. The van der Waals surface area contributed by atoms with Gasteiger partial charge < -0.3 is 14.7 Å². The molecule has 1 N–H and O–H groups in total. The Kier molecular flexibility index (Phi) is 5.20. The van der Waals surface area contributed by atoms with E-state index >= 15 is 0 Å². The van der Waals surface area contributed by atoms with Gasteiger partial charge in [-0.25, -0.2) is 18.0 Å². The molecule has 2 heterocycles. The van der Waals surface area contributed by atoms with E-state index in [0.717, 1.165) is 25.0 Å². The van der Waals surface area contributed by atoms with E-state index in [-0.39, 0.29) is 17.4 Å². The van der Waals surface area contributed by atoms with Gasteiger partial charge in [0.25, 0.3) is 0 Å². The van der Waals surface area contributed by atoms with Crippen LogP contribution in [0, 0.1) is 17.5 Å². The highest BCUT2D eigenvalue weighted by Crippen LogP contribution is 2.28. The first-order valence-electron chi connectivity index (χ1n) is 9.10. The second kappa shape index (κ2) is 7.94. The van der Waals surface area contributed by atoms with Crippen LogP contribution in [0.25, 0.3) is 11.4 Å². The normalized spacial score (nSPS) is 16.7. The highest BCUT2D eigenvalue weighted by Gasteiger charge is 2.29. The molecule has 0 radical (unpaired) electrons. The summed E-state index contributed by atoms with van der Waals surface area (Å²) < 4.78 is 44.8. The summed E-state index contributed by atoms with van der Waals surface area (Å²) in [6.45, 7) is 0.867. The zero-order valence-corrected chi connectivity index (χ0v) is 15.2. The fraction of sp³-hybridized carbons (Fsp3) is 0.250. The first-order chi connectivity index (χ1) is 14.0. The van der Waals surface area contributed by atoms with Crippen LogP contribution in [0.2, 0.25) is 0 Å². The van der Waals surface area contributed by atoms with Gasteiger partial charge in [0.2, 0.25) is 11.7 Å². The minimum Gasteiger partial charge on any atom is -0.339 e. The molecule has 1 atom stereocenters. The lowest BCUT2D eigenvalue weighted by molar-refractivity contribution is 0.184. The van der Waals surface area contributed by atoms with Gasteiger partial charge in [-0.1, -0.05) is 5.16 Å². The Balaban J connectivity index is 1.43. The minimum absolute atomic E-state index is 0.152. The number of amides is 2. The second-order valence-electron chi connectivity index (χ2n) is 6.81. The molecule has 0 unspecified atom stereocenters. The number of hydrogen-bond donors (Lipinski definition) is 1. The van der Waals surface area contributed by atoms with Crippen LogP contribution in [-0.4, -0.2) is 34.2 Å². The average molecular weight is 402 g/mol. The van der Waals surface area contributed by atoms with Gasteiger partial charge >= 0.3 is 6.03 Å². The van der Waals surface area contributed by atoms with Crippen molar-refractivity contribution in [3.05, 3.63) is 65.8 Å². The number of urea groups is 1. The lowest BCUT2D eigenvalue weighted by Crippen LogP contribution is -2.41. The molecular weight excluding hydrogens is 385 g/mol. The summed E-state index contributed by atoms with van der Waals surface area (Å²) >= 11 is 0. The Hall–Kier alpha value is -3.36. The summed E-state index contributed by atoms with van der Waals surface area (Å²) in [7, 11) is 0. The average Bonchev–Trinajstić information content (AvgIpc) is 3.22. The molecule has 2 aromatic carbocycles. The zero-order chi connectivity index (χ0) is 20.4. The summed E-state index contributed by atoms with van der Waals surface area (Å²) in [5.74, 6) is -1.76. The fourth-order valence-corrected chi connectivity index (χ4v) is 3.26. The number of rotatable bonds is 3. The first-order valence-corrected chi connectivity index (χ1v) is 9.10. The Morgan fingerprint density at radius 3 is 2.66 bits per heavy atom. The molecule has 150 valence electrons. The second-order valence-corrected chi connectivity index (χ2v) is 6.81. The van der Waals surface area contributed by atoms with E-state index in [9.17, 15) is 18.0 Å². The van der Waals surface area contributed by atoms with Gasteiger partial charge in [-0.3, -0.25) is 0 Å². The molecule has 29 heavy (non-hydrogen) atoms. The molecule has 1 aromatic heterocycles. The van der Waals surface area contributed by atoms with E-state index in [1.54, 1.807) is 17.0 Å². The topological polar surface area (TPSA) is 71.3 Å². The SMILES string of the molecule is O=C(Nc1ccc(F)c(F)c1)N1CCC[C@@H](c2nc(-c3ccc(F)cc3)no2)C1. The van der Waals surface area contributed by atoms with Gasteiger partial charge in [0.1, 0.15) is 5.82 Å². The number of hydrogen-bond acceptors (Lipinski definition) is 4. The molecule has 1 saturated heterocycles. The molecule has 0 saturated carbocycles. The summed E-state index contributed by atoms with van der Waals surface area (Å²) in [6, 6.07) is 8.52.